The average molecular weight is 359 g/mol. The molecule has 23 heavy (non-hydrogen) atoms. The van der Waals surface area contributed by atoms with Gasteiger partial charge in [-0.1, -0.05) is 41.5 Å². The van der Waals surface area contributed by atoms with Crippen molar-refractivity contribution in [1.29, 1.82) is 0 Å². The van der Waals surface area contributed by atoms with Crippen molar-refractivity contribution in [3.05, 3.63) is 0 Å². The average Bonchev–Trinajstić information content (AvgIpc) is 3.01. The molecule has 0 radical (unpaired) electrons. The van der Waals surface area contributed by atoms with E-state index in [2.05, 4.69) is 67.7 Å². The van der Waals surface area contributed by atoms with Gasteiger partial charge < -0.3 is 13.6 Å². The Hall–Kier alpha value is 0.314. The fourth-order valence-electron chi connectivity index (χ4n) is 2.65. The molecule has 1 heterocycles. The second-order valence-electron chi connectivity index (χ2n) is 10.5. The third-order valence-corrected chi connectivity index (χ3v) is 15.8. The summed E-state index contributed by atoms with van der Waals surface area (Å²) in [6, 6.07) is 0. The van der Waals surface area contributed by atoms with E-state index in [1.807, 2.05) is 0 Å². The molecule has 0 unspecified atom stereocenters. The Kier molecular flexibility index (Phi) is 5.07. The maximum Gasteiger partial charge on any atom is 0.191 e. The zero-order valence-corrected chi connectivity index (χ0v) is 18.9. The van der Waals surface area contributed by atoms with Crippen LogP contribution in [-0.4, -0.2) is 42.1 Å². The van der Waals surface area contributed by atoms with Crippen LogP contribution < -0.4 is 0 Å². The molecular weight excluding hydrogens is 320 g/mol. The van der Waals surface area contributed by atoms with E-state index in [1.54, 1.807) is 0 Å². The second kappa shape index (κ2) is 5.94. The summed E-state index contributed by atoms with van der Waals surface area (Å²) in [5.74, 6) is 1.08. The van der Waals surface area contributed by atoms with E-state index in [1.165, 1.54) is 0 Å². The van der Waals surface area contributed by atoms with Gasteiger partial charge in [0.2, 0.25) is 0 Å². The highest BCUT2D eigenvalue weighted by atomic mass is 28.4. The maximum atomic E-state index is 6.44. The van der Waals surface area contributed by atoms with Gasteiger partial charge in [-0.2, -0.15) is 0 Å². The lowest BCUT2D eigenvalue weighted by atomic mass is 9.75. The minimum Gasteiger partial charge on any atom is -0.416 e. The molecule has 0 aromatic rings. The smallest absolute Gasteiger partial charge is 0.191 e. The van der Waals surface area contributed by atoms with Crippen LogP contribution in [0.4, 0.5) is 0 Å². The summed E-state index contributed by atoms with van der Waals surface area (Å²) < 4.78 is 18.7. The van der Waals surface area contributed by atoms with Crippen LogP contribution in [0.1, 0.15) is 41.5 Å². The molecule has 0 amide bonds. The van der Waals surface area contributed by atoms with E-state index >= 15 is 0 Å². The SMILES string of the molecule is CC(C)(C)[Si](C)(C)OC[C@@H]1[C@@H](CO[Si](C)(C)C(C)(C)C)[C@@H]2O[C@H]12. The quantitative estimate of drug-likeness (QED) is 0.492. The van der Waals surface area contributed by atoms with Crippen LogP contribution in [0.2, 0.25) is 36.3 Å². The van der Waals surface area contributed by atoms with Crippen LogP contribution in [0.15, 0.2) is 0 Å². The number of rotatable bonds is 6. The predicted octanol–water partition coefficient (Wildman–Crippen LogP) is 5.04. The normalized spacial score (nSPS) is 31.6. The van der Waals surface area contributed by atoms with Crippen LogP contribution in [0.5, 0.6) is 0 Å². The Balaban J connectivity index is 1.86. The van der Waals surface area contributed by atoms with Gasteiger partial charge in [0, 0.05) is 25.0 Å². The molecule has 2 rings (SSSR count). The van der Waals surface area contributed by atoms with Crippen LogP contribution >= 0.6 is 0 Å². The Morgan fingerprint density at radius 2 is 1.00 bits per heavy atom. The van der Waals surface area contributed by atoms with E-state index in [4.69, 9.17) is 13.6 Å². The standard InChI is InChI=1S/C18H38O3Si2/c1-17(2,3)22(7,8)19-11-13-14(16-15(13)21-16)12-20-23(9,10)18(4,5)6/h13-16H,11-12H2,1-10H3/t13-,14-,15-,16+/m1/s1. The molecule has 0 aromatic carbocycles. The Morgan fingerprint density at radius 3 is 1.26 bits per heavy atom. The highest BCUT2D eigenvalue weighted by Gasteiger charge is 2.64. The maximum absolute atomic E-state index is 6.44. The first-order chi connectivity index (χ1) is 10.2. The summed E-state index contributed by atoms with van der Waals surface area (Å²) in [5, 5.41) is 0.543. The molecule has 0 N–H and O–H groups in total. The summed E-state index contributed by atoms with van der Waals surface area (Å²) in [6.07, 6.45) is 0.903. The van der Waals surface area contributed by atoms with Crippen molar-refractivity contribution in [2.75, 3.05) is 13.2 Å². The molecule has 1 aliphatic carbocycles. The predicted molar refractivity (Wildman–Crippen MR) is 102 cm³/mol. The van der Waals surface area contributed by atoms with E-state index < -0.39 is 16.6 Å². The molecule has 0 aromatic heterocycles. The molecule has 0 bridgehead atoms. The molecule has 1 saturated heterocycles. The minimum atomic E-state index is -1.67. The van der Waals surface area contributed by atoms with Crippen molar-refractivity contribution in [1.82, 2.24) is 0 Å². The van der Waals surface area contributed by atoms with Gasteiger partial charge >= 0.3 is 0 Å². The topological polar surface area (TPSA) is 31.0 Å². The highest BCUT2D eigenvalue weighted by Crippen LogP contribution is 2.53. The van der Waals surface area contributed by atoms with E-state index in [-0.39, 0.29) is 10.1 Å². The van der Waals surface area contributed by atoms with Gasteiger partial charge in [0.1, 0.15) is 0 Å². The third-order valence-electron chi connectivity index (χ3n) is 6.84. The summed E-state index contributed by atoms with van der Waals surface area (Å²) in [4.78, 5) is 0. The number of ether oxygens (including phenoxy) is 1. The molecule has 1 saturated carbocycles. The second-order valence-corrected chi connectivity index (χ2v) is 20.2. The lowest BCUT2D eigenvalue weighted by Crippen LogP contribution is -2.50. The monoisotopic (exact) mass is 358 g/mol. The molecule has 0 spiro atoms. The van der Waals surface area contributed by atoms with Crippen LogP contribution in [0.25, 0.3) is 0 Å². The van der Waals surface area contributed by atoms with E-state index in [0.717, 1.165) is 13.2 Å². The molecule has 2 aliphatic rings. The fraction of sp³-hybridized carbons (Fsp3) is 1.00. The van der Waals surface area contributed by atoms with Gasteiger partial charge in [-0.15, -0.1) is 0 Å². The third kappa shape index (κ3) is 3.94. The zero-order valence-electron chi connectivity index (χ0n) is 16.9. The van der Waals surface area contributed by atoms with Crippen molar-refractivity contribution >= 4 is 16.6 Å². The Labute approximate surface area is 145 Å². The molecule has 136 valence electrons. The van der Waals surface area contributed by atoms with Crippen molar-refractivity contribution in [3.8, 4) is 0 Å². The van der Waals surface area contributed by atoms with Crippen molar-refractivity contribution < 1.29 is 13.6 Å². The summed E-state index contributed by atoms with van der Waals surface area (Å²) >= 11 is 0. The van der Waals surface area contributed by atoms with Gasteiger partial charge in [0.15, 0.2) is 16.6 Å². The number of fused-ring (bicyclic) bond motifs is 1. The molecule has 4 atom stereocenters. The summed E-state index contributed by atoms with van der Waals surface area (Å²) in [7, 11) is -3.34. The van der Waals surface area contributed by atoms with E-state index in [9.17, 15) is 0 Å². The Morgan fingerprint density at radius 1 is 0.696 bits per heavy atom. The van der Waals surface area contributed by atoms with Crippen LogP contribution in [-0.2, 0) is 13.6 Å². The summed E-state index contributed by atoms with van der Waals surface area (Å²) in [5.41, 5.74) is 0. The molecule has 1 aliphatic heterocycles. The first-order valence-corrected chi connectivity index (χ1v) is 14.9. The highest BCUT2D eigenvalue weighted by molar-refractivity contribution is 6.74. The number of epoxide rings is 1. The molecular formula is C18H38O3Si2. The minimum absolute atomic E-state index is 0.272. The lowest BCUT2D eigenvalue weighted by molar-refractivity contribution is 0.0865. The largest absolute Gasteiger partial charge is 0.416 e. The molecule has 3 nitrogen and oxygen atoms in total. The van der Waals surface area contributed by atoms with Gasteiger partial charge in [0.25, 0.3) is 0 Å². The van der Waals surface area contributed by atoms with Crippen LogP contribution in [0, 0.1) is 11.8 Å². The fourth-order valence-corrected chi connectivity index (χ4v) is 4.73. The molecule has 2 fully saturated rings. The van der Waals surface area contributed by atoms with Gasteiger partial charge in [-0.05, 0) is 36.3 Å². The van der Waals surface area contributed by atoms with Crippen molar-refractivity contribution in [2.45, 2.75) is 90.0 Å². The zero-order chi connectivity index (χ0) is 17.8. The number of hydrogen-bond acceptors (Lipinski definition) is 3. The summed E-state index contributed by atoms with van der Waals surface area (Å²) in [6.45, 7) is 24.8. The van der Waals surface area contributed by atoms with Crippen molar-refractivity contribution in [3.63, 3.8) is 0 Å². The Bertz CT molecular complexity index is 395. The van der Waals surface area contributed by atoms with Gasteiger partial charge in [0.05, 0.1) is 12.2 Å². The first kappa shape index (κ1) is 19.6. The number of hydrogen-bond donors (Lipinski definition) is 0. The van der Waals surface area contributed by atoms with Gasteiger partial charge in [-0.3, -0.25) is 0 Å². The van der Waals surface area contributed by atoms with Gasteiger partial charge in [-0.25, -0.2) is 0 Å². The molecule has 5 heteroatoms. The van der Waals surface area contributed by atoms with Crippen molar-refractivity contribution in [2.24, 2.45) is 11.8 Å². The van der Waals surface area contributed by atoms with Crippen LogP contribution in [0.3, 0.4) is 0 Å². The van der Waals surface area contributed by atoms with E-state index in [0.29, 0.717) is 24.0 Å². The lowest BCUT2D eigenvalue weighted by Gasteiger charge is -2.42. The first-order valence-electron chi connectivity index (χ1n) is 9.11.